The Hall–Kier alpha value is -3.15. The van der Waals surface area contributed by atoms with Crippen LogP contribution >= 0.6 is 0 Å². The molecule has 6 heteroatoms. The molecule has 0 aromatic heterocycles. The van der Waals surface area contributed by atoms with Crippen molar-refractivity contribution in [1.29, 1.82) is 0 Å². The van der Waals surface area contributed by atoms with Gasteiger partial charge in [0, 0.05) is 11.4 Å². The average Bonchev–Trinajstić information content (AvgIpc) is 2.61. The summed E-state index contributed by atoms with van der Waals surface area (Å²) in [6.45, 7) is 5.37. The van der Waals surface area contributed by atoms with Gasteiger partial charge in [0.15, 0.2) is 6.61 Å². The summed E-state index contributed by atoms with van der Waals surface area (Å²) >= 11 is 0. The van der Waals surface area contributed by atoms with Gasteiger partial charge >= 0.3 is 0 Å². The number of rotatable bonds is 7. The number of ether oxygens (including phenoxy) is 1. The lowest BCUT2D eigenvalue weighted by atomic mass is 10.2. The molecule has 0 fully saturated rings. The lowest BCUT2D eigenvalue weighted by Crippen LogP contribution is -2.26. The number of hydrogen-bond acceptors (Lipinski definition) is 4. The molecule has 0 aliphatic carbocycles. The molecule has 0 saturated heterocycles. The normalized spacial score (nSPS) is 11.0. The van der Waals surface area contributed by atoms with Gasteiger partial charge in [-0.3, -0.25) is 9.59 Å². The lowest BCUT2D eigenvalue weighted by Gasteiger charge is -2.09. The summed E-state index contributed by atoms with van der Waals surface area (Å²) in [7, 11) is 0. The Balaban J connectivity index is 1.78. The van der Waals surface area contributed by atoms with E-state index in [1.807, 2.05) is 56.3 Å². The molecule has 0 heterocycles. The monoisotopic (exact) mass is 353 g/mol. The van der Waals surface area contributed by atoms with Crippen molar-refractivity contribution >= 4 is 23.2 Å². The van der Waals surface area contributed by atoms with Crippen LogP contribution in [-0.2, 0) is 9.59 Å². The minimum atomic E-state index is -0.382. The van der Waals surface area contributed by atoms with Gasteiger partial charge in [-0.25, -0.2) is 5.43 Å². The molecular weight excluding hydrogens is 330 g/mol. The van der Waals surface area contributed by atoms with Gasteiger partial charge in [0.1, 0.15) is 5.75 Å². The highest BCUT2D eigenvalue weighted by Crippen LogP contribution is 2.15. The van der Waals surface area contributed by atoms with E-state index in [9.17, 15) is 9.59 Å². The Morgan fingerprint density at radius 3 is 2.31 bits per heavy atom. The summed E-state index contributed by atoms with van der Waals surface area (Å²) in [5, 5.41) is 6.76. The number of amides is 2. The summed E-state index contributed by atoms with van der Waals surface area (Å²) in [5.41, 5.74) is 5.60. The van der Waals surface area contributed by atoms with E-state index in [-0.39, 0.29) is 24.8 Å². The number of carbonyl (C=O) groups is 2. The van der Waals surface area contributed by atoms with E-state index in [1.54, 1.807) is 13.0 Å². The summed E-state index contributed by atoms with van der Waals surface area (Å²) in [5.74, 6) is 0.0823. The number of carbonyl (C=O) groups excluding carboxylic acids is 2. The molecule has 0 radical (unpaired) electrons. The molecule has 0 aliphatic rings. The van der Waals surface area contributed by atoms with Crippen LogP contribution in [0, 0.1) is 13.8 Å². The Morgan fingerprint density at radius 2 is 1.62 bits per heavy atom. The molecule has 2 aromatic rings. The zero-order chi connectivity index (χ0) is 18.9. The second-order valence-electron chi connectivity index (χ2n) is 5.98. The van der Waals surface area contributed by atoms with Crippen molar-refractivity contribution in [2.75, 3.05) is 11.9 Å². The number of benzene rings is 2. The third-order valence-electron chi connectivity index (χ3n) is 3.66. The number of hydrogen-bond donors (Lipinski definition) is 2. The van der Waals surface area contributed by atoms with Crippen LogP contribution in [0.5, 0.6) is 5.75 Å². The zero-order valence-electron chi connectivity index (χ0n) is 15.2. The van der Waals surface area contributed by atoms with Gasteiger partial charge in [0.2, 0.25) is 5.91 Å². The maximum atomic E-state index is 12.0. The Labute approximate surface area is 153 Å². The largest absolute Gasteiger partial charge is 0.483 e. The first-order valence-corrected chi connectivity index (χ1v) is 8.31. The number of para-hydroxylation sites is 2. The molecule has 6 nitrogen and oxygen atoms in total. The van der Waals surface area contributed by atoms with Crippen LogP contribution < -0.4 is 15.5 Å². The van der Waals surface area contributed by atoms with Gasteiger partial charge in [0.05, 0.1) is 6.42 Å². The van der Waals surface area contributed by atoms with Gasteiger partial charge in [0.25, 0.3) is 5.91 Å². The SMILES string of the molecule is CC(CC(=O)Nc1ccccc1C)=NNC(=O)COc1ccccc1C. The van der Waals surface area contributed by atoms with E-state index in [0.29, 0.717) is 11.5 Å². The zero-order valence-corrected chi connectivity index (χ0v) is 15.2. The third kappa shape index (κ3) is 6.05. The molecule has 0 aliphatic heterocycles. The first kappa shape index (κ1) is 19.2. The fourth-order valence-corrected chi connectivity index (χ4v) is 2.23. The maximum absolute atomic E-state index is 12.0. The van der Waals surface area contributed by atoms with E-state index < -0.39 is 0 Å². The van der Waals surface area contributed by atoms with Gasteiger partial charge in [-0.15, -0.1) is 0 Å². The van der Waals surface area contributed by atoms with Gasteiger partial charge in [-0.2, -0.15) is 5.10 Å². The highest BCUT2D eigenvalue weighted by molar-refractivity contribution is 6.06. The Kier molecular flexibility index (Phi) is 6.91. The van der Waals surface area contributed by atoms with E-state index in [0.717, 1.165) is 16.8 Å². The fraction of sp³-hybridized carbons (Fsp3) is 0.250. The van der Waals surface area contributed by atoms with Crippen LogP contribution in [0.1, 0.15) is 24.5 Å². The highest BCUT2D eigenvalue weighted by atomic mass is 16.5. The van der Waals surface area contributed by atoms with Crippen molar-refractivity contribution in [3.8, 4) is 5.75 Å². The van der Waals surface area contributed by atoms with Crippen molar-refractivity contribution < 1.29 is 14.3 Å². The molecule has 2 N–H and O–H groups in total. The van der Waals surface area contributed by atoms with Gasteiger partial charge in [-0.1, -0.05) is 36.4 Å². The molecule has 2 rings (SSSR count). The van der Waals surface area contributed by atoms with Crippen LogP contribution in [-0.4, -0.2) is 24.1 Å². The van der Waals surface area contributed by atoms with Crippen LogP contribution in [0.3, 0.4) is 0 Å². The van der Waals surface area contributed by atoms with Crippen molar-refractivity contribution in [3.05, 3.63) is 59.7 Å². The minimum absolute atomic E-state index is 0.0905. The number of anilines is 1. The first-order valence-electron chi connectivity index (χ1n) is 8.31. The number of nitrogens with one attached hydrogen (secondary N) is 2. The average molecular weight is 353 g/mol. The molecule has 2 amide bonds. The van der Waals surface area contributed by atoms with Crippen molar-refractivity contribution in [2.24, 2.45) is 5.10 Å². The fourth-order valence-electron chi connectivity index (χ4n) is 2.23. The van der Waals surface area contributed by atoms with E-state index in [4.69, 9.17) is 4.74 Å². The molecule has 0 bridgehead atoms. The Bertz CT molecular complexity index is 815. The Morgan fingerprint density at radius 1 is 0.962 bits per heavy atom. The van der Waals surface area contributed by atoms with E-state index in [1.165, 1.54) is 0 Å². The summed E-state index contributed by atoms with van der Waals surface area (Å²) in [6, 6.07) is 15.0. The van der Waals surface area contributed by atoms with E-state index >= 15 is 0 Å². The first-order chi connectivity index (χ1) is 12.5. The predicted octanol–water partition coefficient (Wildman–Crippen LogP) is 3.20. The summed E-state index contributed by atoms with van der Waals surface area (Å²) in [6.07, 6.45) is 0.0905. The second-order valence-corrected chi connectivity index (χ2v) is 5.98. The molecule has 0 saturated carbocycles. The van der Waals surface area contributed by atoms with Gasteiger partial charge < -0.3 is 10.1 Å². The number of hydrazone groups is 1. The number of nitrogens with zero attached hydrogens (tertiary/aromatic N) is 1. The van der Waals surface area contributed by atoms with Gasteiger partial charge in [-0.05, 0) is 44.0 Å². The standard InChI is InChI=1S/C20H23N3O3/c1-14-8-4-6-10-17(14)21-19(24)12-16(3)22-23-20(25)13-26-18-11-7-5-9-15(18)2/h4-11H,12-13H2,1-3H3,(H,21,24)(H,23,25). The number of aryl methyl sites for hydroxylation is 2. The molecular formula is C20H23N3O3. The van der Waals surface area contributed by atoms with E-state index in [2.05, 4.69) is 15.8 Å². The quantitative estimate of drug-likeness (QED) is 0.592. The summed E-state index contributed by atoms with van der Waals surface area (Å²) in [4.78, 5) is 23.8. The predicted molar refractivity (Wildman–Crippen MR) is 102 cm³/mol. The van der Waals surface area contributed by atoms with Crippen molar-refractivity contribution in [2.45, 2.75) is 27.2 Å². The molecule has 26 heavy (non-hydrogen) atoms. The smallest absolute Gasteiger partial charge is 0.277 e. The molecule has 2 aromatic carbocycles. The maximum Gasteiger partial charge on any atom is 0.277 e. The van der Waals surface area contributed by atoms with Crippen LogP contribution in [0.25, 0.3) is 0 Å². The van der Waals surface area contributed by atoms with Crippen molar-refractivity contribution in [1.82, 2.24) is 5.43 Å². The third-order valence-corrected chi connectivity index (χ3v) is 3.66. The molecule has 0 unspecified atom stereocenters. The molecule has 136 valence electrons. The lowest BCUT2D eigenvalue weighted by molar-refractivity contribution is -0.123. The molecule has 0 spiro atoms. The summed E-state index contributed by atoms with van der Waals surface area (Å²) < 4.78 is 5.44. The van der Waals surface area contributed by atoms with Crippen LogP contribution in [0.2, 0.25) is 0 Å². The second kappa shape index (κ2) is 9.36. The van der Waals surface area contributed by atoms with Crippen LogP contribution in [0.15, 0.2) is 53.6 Å². The highest BCUT2D eigenvalue weighted by Gasteiger charge is 2.07. The minimum Gasteiger partial charge on any atom is -0.483 e. The van der Waals surface area contributed by atoms with Crippen LogP contribution in [0.4, 0.5) is 5.69 Å². The van der Waals surface area contributed by atoms with Crippen molar-refractivity contribution in [3.63, 3.8) is 0 Å². The molecule has 0 atom stereocenters. The topological polar surface area (TPSA) is 79.8 Å².